The summed E-state index contributed by atoms with van der Waals surface area (Å²) in [4.78, 5) is 12.6. The van der Waals surface area contributed by atoms with Crippen molar-refractivity contribution in [3.05, 3.63) is 93.7 Å². The zero-order chi connectivity index (χ0) is 24.1. The number of benzene rings is 3. The third-order valence-electron chi connectivity index (χ3n) is 5.55. The first-order valence-corrected chi connectivity index (χ1v) is 11.8. The highest BCUT2D eigenvalue weighted by molar-refractivity contribution is 7.71. The second kappa shape index (κ2) is 10.7. The largest absolute Gasteiger partial charge is 0.377 e. The van der Waals surface area contributed by atoms with E-state index in [1.807, 2.05) is 66.1 Å². The molecule has 1 amide bonds. The Morgan fingerprint density at radius 3 is 2.56 bits per heavy atom. The van der Waals surface area contributed by atoms with Crippen LogP contribution < -0.4 is 10.6 Å². The molecule has 0 fully saturated rings. The zero-order valence-electron chi connectivity index (χ0n) is 19.0. The van der Waals surface area contributed by atoms with E-state index in [1.54, 1.807) is 6.07 Å². The molecule has 0 aliphatic heterocycles. The first-order chi connectivity index (χ1) is 16.4. The van der Waals surface area contributed by atoms with Gasteiger partial charge >= 0.3 is 0 Å². The van der Waals surface area contributed by atoms with Crippen LogP contribution in [0.25, 0.3) is 11.4 Å². The van der Waals surface area contributed by atoms with Gasteiger partial charge in [0.2, 0.25) is 5.91 Å². The number of aromatic amines is 1. The van der Waals surface area contributed by atoms with Crippen LogP contribution in [0.1, 0.15) is 30.5 Å². The van der Waals surface area contributed by atoms with Crippen molar-refractivity contribution >= 4 is 41.1 Å². The molecule has 1 heterocycles. The number of rotatable bonds is 8. The summed E-state index contributed by atoms with van der Waals surface area (Å²) >= 11 is 11.8. The summed E-state index contributed by atoms with van der Waals surface area (Å²) in [5.41, 5.74) is 4.72. The number of nitrogens with zero attached hydrogens (tertiary/aromatic N) is 2. The van der Waals surface area contributed by atoms with Crippen LogP contribution in [0.3, 0.4) is 0 Å². The fourth-order valence-electron chi connectivity index (χ4n) is 3.65. The number of nitrogens with one attached hydrogen (secondary N) is 3. The molecule has 1 atom stereocenters. The normalized spacial score (nSPS) is 11.7. The second-order valence-electron chi connectivity index (χ2n) is 8.14. The van der Waals surface area contributed by atoms with Crippen LogP contribution in [0.4, 0.5) is 11.4 Å². The van der Waals surface area contributed by atoms with Gasteiger partial charge in [0, 0.05) is 30.3 Å². The summed E-state index contributed by atoms with van der Waals surface area (Å²) in [7, 11) is 0. The van der Waals surface area contributed by atoms with Crippen LogP contribution in [-0.2, 0) is 11.3 Å². The summed E-state index contributed by atoms with van der Waals surface area (Å²) in [6, 6.07) is 23.7. The number of aryl methyl sites for hydroxylation is 1. The van der Waals surface area contributed by atoms with E-state index >= 15 is 0 Å². The van der Waals surface area contributed by atoms with Gasteiger partial charge in [0.1, 0.15) is 0 Å². The number of carbonyl (C=O) groups is 1. The molecule has 8 heteroatoms. The van der Waals surface area contributed by atoms with Crippen LogP contribution in [0, 0.1) is 11.7 Å². The lowest BCUT2D eigenvalue weighted by Crippen LogP contribution is -2.15. The fourth-order valence-corrected chi connectivity index (χ4v) is 4.11. The molecular weight excluding hydrogens is 466 g/mol. The third kappa shape index (κ3) is 5.73. The smallest absolute Gasteiger partial charge is 0.226 e. The molecule has 3 aromatic carbocycles. The first-order valence-electron chi connectivity index (χ1n) is 11.0. The molecule has 4 aromatic rings. The Labute approximate surface area is 209 Å². The van der Waals surface area contributed by atoms with Gasteiger partial charge < -0.3 is 10.6 Å². The minimum Gasteiger partial charge on any atom is -0.377 e. The van der Waals surface area contributed by atoms with Crippen molar-refractivity contribution < 1.29 is 4.79 Å². The van der Waals surface area contributed by atoms with Crippen molar-refractivity contribution in [1.82, 2.24) is 14.8 Å². The molecule has 4 rings (SSSR count). The average molecular weight is 492 g/mol. The quantitative estimate of drug-likeness (QED) is 0.238. The maximum atomic E-state index is 12.6. The molecule has 34 heavy (non-hydrogen) atoms. The standard InChI is InChI=1S/C26H26ClN5OS/c1-17-8-10-20(11-9-17)25-30-31-26(34)32(25)15-14-24(33)29-21-12-13-23(22(27)16-21)28-18(2)19-6-4-3-5-7-19/h3-13,16,18,28H,14-15H2,1-2H3,(H,29,33)(H,31,34). The number of anilines is 2. The van der Waals surface area contributed by atoms with Crippen LogP contribution in [0.2, 0.25) is 5.02 Å². The molecule has 1 aromatic heterocycles. The number of carbonyl (C=O) groups excluding carboxylic acids is 1. The van der Waals surface area contributed by atoms with Crippen molar-refractivity contribution in [3.8, 4) is 11.4 Å². The van der Waals surface area contributed by atoms with Crippen LogP contribution >= 0.6 is 23.8 Å². The maximum absolute atomic E-state index is 12.6. The number of halogens is 1. The van der Waals surface area contributed by atoms with E-state index in [0.717, 1.165) is 11.3 Å². The van der Waals surface area contributed by atoms with Gasteiger partial charge in [-0.3, -0.25) is 14.5 Å². The molecule has 0 bridgehead atoms. The maximum Gasteiger partial charge on any atom is 0.226 e. The van der Waals surface area contributed by atoms with E-state index in [0.29, 0.717) is 27.9 Å². The van der Waals surface area contributed by atoms with Gasteiger partial charge in [-0.25, -0.2) is 0 Å². The fraction of sp³-hybridized carbons (Fsp3) is 0.192. The Balaban J connectivity index is 1.38. The van der Waals surface area contributed by atoms with E-state index in [1.165, 1.54) is 11.1 Å². The Kier molecular flexibility index (Phi) is 7.45. The van der Waals surface area contributed by atoms with Gasteiger partial charge in [0.05, 0.1) is 10.7 Å². The molecule has 174 valence electrons. The summed E-state index contributed by atoms with van der Waals surface area (Å²) in [5, 5.41) is 14.0. The van der Waals surface area contributed by atoms with Gasteiger partial charge in [0.15, 0.2) is 10.6 Å². The van der Waals surface area contributed by atoms with Gasteiger partial charge in [0.25, 0.3) is 0 Å². The van der Waals surface area contributed by atoms with Crippen LogP contribution in [0.15, 0.2) is 72.8 Å². The zero-order valence-corrected chi connectivity index (χ0v) is 20.6. The summed E-state index contributed by atoms with van der Waals surface area (Å²) in [6.07, 6.45) is 0.245. The lowest BCUT2D eigenvalue weighted by atomic mass is 10.1. The van der Waals surface area contributed by atoms with Crippen LogP contribution in [0.5, 0.6) is 0 Å². The Bertz CT molecular complexity index is 1330. The van der Waals surface area contributed by atoms with Gasteiger partial charge in [-0.2, -0.15) is 5.10 Å². The summed E-state index contributed by atoms with van der Waals surface area (Å²) in [5.74, 6) is 0.580. The lowest BCUT2D eigenvalue weighted by Gasteiger charge is -2.17. The lowest BCUT2D eigenvalue weighted by molar-refractivity contribution is -0.116. The Morgan fingerprint density at radius 2 is 1.85 bits per heavy atom. The predicted molar refractivity (Wildman–Crippen MR) is 141 cm³/mol. The number of hydrogen-bond donors (Lipinski definition) is 3. The minimum atomic E-state index is -0.132. The molecule has 0 radical (unpaired) electrons. The topological polar surface area (TPSA) is 74.7 Å². The first kappa shape index (κ1) is 23.7. The molecule has 3 N–H and O–H groups in total. The highest BCUT2D eigenvalue weighted by Crippen LogP contribution is 2.29. The molecule has 0 aliphatic carbocycles. The van der Waals surface area contributed by atoms with Gasteiger partial charge in [-0.1, -0.05) is 71.8 Å². The van der Waals surface area contributed by atoms with E-state index in [2.05, 4.69) is 39.9 Å². The molecule has 1 unspecified atom stereocenters. The summed E-state index contributed by atoms with van der Waals surface area (Å²) in [6.45, 7) is 4.52. The Morgan fingerprint density at radius 1 is 1.12 bits per heavy atom. The average Bonchev–Trinajstić information content (AvgIpc) is 3.20. The highest BCUT2D eigenvalue weighted by Gasteiger charge is 2.12. The van der Waals surface area contributed by atoms with Crippen molar-refractivity contribution in [3.63, 3.8) is 0 Å². The molecule has 0 saturated heterocycles. The van der Waals surface area contributed by atoms with Crippen molar-refractivity contribution in [1.29, 1.82) is 0 Å². The van der Waals surface area contributed by atoms with Crippen molar-refractivity contribution in [2.45, 2.75) is 32.9 Å². The number of hydrogen-bond acceptors (Lipinski definition) is 4. The van der Waals surface area contributed by atoms with Gasteiger partial charge in [-0.05, 0) is 49.8 Å². The number of aromatic nitrogens is 3. The highest BCUT2D eigenvalue weighted by atomic mass is 35.5. The van der Waals surface area contributed by atoms with E-state index in [4.69, 9.17) is 23.8 Å². The predicted octanol–water partition coefficient (Wildman–Crippen LogP) is 6.77. The van der Waals surface area contributed by atoms with E-state index in [-0.39, 0.29) is 18.4 Å². The number of H-pyrrole nitrogens is 1. The molecule has 0 saturated carbocycles. The second-order valence-corrected chi connectivity index (χ2v) is 8.93. The molecule has 0 spiro atoms. The molecule has 6 nitrogen and oxygen atoms in total. The third-order valence-corrected chi connectivity index (χ3v) is 6.18. The van der Waals surface area contributed by atoms with Crippen LogP contribution in [-0.4, -0.2) is 20.7 Å². The molecular formula is C26H26ClN5OS. The van der Waals surface area contributed by atoms with E-state index in [9.17, 15) is 4.79 Å². The molecule has 0 aliphatic rings. The minimum absolute atomic E-state index is 0.0986. The number of amides is 1. The van der Waals surface area contributed by atoms with Crippen molar-refractivity contribution in [2.75, 3.05) is 10.6 Å². The summed E-state index contributed by atoms with van der Waals surface area (Å²) < 4.78 is 2.32. The Hall–Kier alpha value is -3.42. The van der Waals surface area contributed by atoms with Crippen molar-refractivity contribution in [2.24, 2.45) is 0 Å². The van der Waals surface area contributed by atoms with Gasteiger partial charge in [-0.15, -0.1) is 0 Å². The monoisotopic (exact) mass is 491 g/mol. The van der Waals surface area contributed by atoms with E-state index < -0.39 is 0 Å². The SMILES string of the molecule is Cc1ccc(-c2n[nH]c(=S)n2CCC(=O)Nc2ccc(NC(C)c3ccccc3)c(Cl)c2)cc1.